The molecule has 1 fully saturated rings. The molecule has 0 aliphatic carbocycles. The quantitative estimate of drug-likeness (QED) is 0.465. The highest BCUT2D eigenvalue weighted by Gasteiger charge is 2.35. The van der Waals surface area contributed by atoms with Crippen molar-refractivity contribution in [2.24, 2.45) is 5.92 Å². The average Bonchev–Trinajstić information content (AvgIpc) is 2.75. The number of hydrogen-bond donors (Lipinski definition) is 1. The van der Waals surface area contributed by atoms with Crippen molar-refractivity contribution in [3.05, 3.63) is 82.5 Å². The number of piperidine rings is 1. The normalized spacial score (nSPS) is 19.2. The highest BCUT2D eigenvalue weighted by molar-refractivity contribution is 6.30. The lowest BCUT2D eigenvalue weighted by atomic mass is 9.83. The standard InChI is InChI=1S/C21H31ClN2O.C6H5Cl/c1-6-15(4)24-16(5)18(13-21(25)23-14(2)3)9-12-20(24)17-7-10-19(22)11-8-17;7-6-4-2-1-3-5-6/h7-8,10-11,14-15,18,20H,5-6,9,12-13H2,1-4H3,(H,23,25);1-5H. The second kappa shape index (κ2) is 12.9. The predicted molar refractivity (Wildman–Crippen MR) is 137 cm³/mol. The van der Waals surface area contributed by atoms with E-state index in [0.717, 1.165) is 35.0 Å². The van der Waals surface area contributed by atoms with Crippen LogP contribution in [0.3, 0.4) is 0 Å². The molecule has 0 saturated carbocycles. The van der Waals surface area contributed by atoms with Crippen LogP contribution < -0.4 is 5.32 Å². The first kappa shape index (κ1) is 26.3. The molecule has 3 rings (SSSR count). The molecule has 1 aliphatic heterocycles. The van der Waals surface area contributed by atoms with Crippen molar-refractivity contribution in [3.8, 4) is 0 Å². The van der Waals surface area contributed by atoms with Crippen LogP contribution in [0.4, 0.5) is 0 Å². The lowest BCUT2D eigenvalue weighted by Gasteiger charge is -2.46. The fraction of sp³-hybridized carbons (Fsp3) is 0.444. The number of amides is 1. The molecule has 0 bridgehead atoms. The summed E-state index contributed by atoms with van der Waals surface area (Å²) < 4.78 is 0. The number of nitrogens with one attached hydrogen (secondary N) is 1. The topological polar surface area (TPSA) is 32.3 Å². The van der Waals surface area contributed by atoms with E-state index < -0.39 is 0 Å². The van der Waals surface area contributed by atoms with E-state index in [1.807, 2.05) is 56.3 Å². The van der Waals surface area contributed by atoms with Gasteiger partial charge in [-0.15, -0.1) is 0 Å². The van der Waals surface area contributed by atoms with Crippen LogP contribution in [0.2, 0.25) is 10.0 Å². The average molecular weight is 476 g/mol. The molecule has 1 saturated heterocycles. The molecule has 174 valence electrons. The Morgan fingerprint density at radius 3 is 2.12 bits per heavy atom. The van der Waals surface area contributed by atoms with Crippen molar-refractivity contribution in [2.45, 2.75) is 71.5 Å². The molecular weight excluding hydrogens is 439 g/mol. The lowest BCUT2D eigenvalue weighted by Crippen LogP contribution is -2.42. The van der Waals surface area contributed by atoms with Gasteiger partial charge in [-0.1, -0.05) is 67.0 Å². The molecule has 1 amide bonds. The molecule has 1 N–H and O–H groups in total. The highest BCUT2D eigenvalue weighted by Crippen LogP contribution is 2.42. The third-order valence-corrected chi connectivity index (χ3v) is 6.37. The number of carbonyl (C=O) groups excluding carboxylic acids is 1. The van der Waals surface area contributed by atoms with Crippen molar-refractivity contribution in [1.29, 1.82) is 0 Å². The summed E-state index contributed by atoms with van der Waals surface area (Å²) in [6, 6.07) is 18.5. The van der Waals surface area contributed by atoms with Gasteiger partial charge in [0.15, 0.2) is 0 Å². The number of carbonyl (C=O) groups is 1. The van der Waals surface area contributed by atoms with E-state index in [9.17, 15) is 4.79 Å². The zero-order valence-electron chi connectivity index (χ0n) is 19.7. The number of allylic oxidation sites excluding steroid dienone is 1. The van der Waals surface area contributed by atoms with Crippen LogP contribution >= 0.6 is 23.2 Å². The van der Waals surface area contributed by atoms with Gasteiger partial charge in [0.05, 0.1) is 6.04 Å². The first-order valence-electron chi connectivity index (χ1n) is 11.4. The molecule has 0 radical (unpaired) electrons. The molecule has 2 aromatic carbocycles. The monoisotopic (exact) mass is 474 g/mol. The van der Waals surface area contributed by atoms with E-state index in [0.29, 0.717) is 18.5 Å². The zero-order valence-corrected chi connectivity index (χ0v) is 21.2. The summed E-state index contributed by atoms with van der Waals surface area (Å²) in [6.45, 7) is 12.8. The summed E-state index contributed by atoms with van der Waals surface area (Å²) in [5, 5.41) is 4.56. The first-order chi connectivity index (χ1) is 15.2. The Labute approximate surface area is 203 Å². The summed E-state index contributed by atoms with van der Waals surface area (Å²) in [6.07, 6.45) is 3.60. The number of rotatable bonds is 6. The smallest absolute Gasteiger partial charge is 0.220 e. The van der Waals surface area contributed by atoms with Crippen LogP contribution in [-0.4, -0.2) is 22.9 Å². The SMILES string of the molecule is C=C1C(CC(=O)NC(C)C)CCC(c2ccc(Cl)cc2)N1C(C)CC.Clc1ccccc1. The van der Waals surface area contributed by atoms with Gasteiger partial charge >= 0.3 is 0 Å². The van der Waals surface area contributed by atoms with Crippen LogP contribution in [0, 0.1) is 5.92 Å². The molecular formula is C27H36Cl2N2O. The van der Waals surface area contributed by atoms with Gasteiger partial charge in [0.1, 0.15) is 0 Å². The van der Waals surface area contributed by atoms with Crippen LogP contribution in [0.15, 0.2) is 66.9 Å². The van der Waals surface area contributed by atoms with Crippen molar-refractivity contribution in [3.63, 3.8) is 0 Å². The maximum absolute atomic E-state index is 12.2. The van der Waals surface area contributed by atoms with E-state index in [-0.39, 0.29) is 17.9 Å². The Bertz CT molecular complexity index is 852. The number of nitrogens with zero attached hydrogens (tertiary/aromatic N) is 1. The van der Waals surface area contributed by atoms with Gasteiger partial charge in [0.2, 0.25) is 5.91 Å². The number of benzene rings is 2. The fourth-order valence-corrected chi connectivity index (χ4v) is 4.39. The molecule has 1 heterocycles. The fourth-order valence-electron chi connectivity index (χ4n) is 4.11. The third-order valence-electron chi connectivity index (χ3n) is 5.86. The van der Waals surface area contributed by atoms with Crippen molar-refractivity contribution >= 4 is 29.1 Å². The molecule has 32 heavy (non-hydrogen) atoms. The van der Waals surface area contributed by atoms with Crippen molar-refractivity contribution in [1.82, 2.24) is 10.2 Å². The van der Waals surface area contributed by atoms with E-state index in [4.69, 9.17) is 23.2 Å². The second-order valence-corrected chi connectivity index (χ2v) is 9.59. The number of halogens is 2. The Hall–Kier alpha value is -1.97. The van der Waals surface area contributed by atoms with Gasteiger partial charge in [-0.05, 0) is 69.9 Å². The lowest BCUT2D eigenvalue weighted by molar-refractivity contribution is -0.122. The Morgan fingerprint density at radius 1 is 1.03 bits per heavy atom. The van der Waals surface area contributed by atoms with E-state index in [1.54, 1.807) is 0 Å². The molecule has 3 unspecified atom stereocenters. The Balaban J connectivity index is 0.000000439. The summed E-state index contributed by atoms with van der Waals surface area (Å²) in [5.74, 6) is 0.339. The van der Waals surface area contributed by atoms with Crippen LogP contribution in [0.5, 0.6) is 0 Å². The first-order valence-corrected chi connectivity index (χ1v) is 12.2. The molecule has 0 aromatic heterocycles. The third kappa shape index (κ3) is 7.86. The van der Waals surface area contributed by atoms with Gasteiger partial charge in [-0.3, -0.25) is 4.79 Å². The van der Waals surface area contributed by atoms with Crippen LogP contribution in [0.25, 0.3) is 0 Å². The minimum atomic E-state index is 0.121. The molecule has 3 nitrogen and oxygen atoms in total. The van der Waals surface area contributed by atoms with E-state index in [1.165, 1.54) is 5.56 Å². The molecule has 2 aromatic rings. The van der Waals surface area contributed by atoms with Crippen LogP contribution in [0.1, 0.15) is 65.0 Å². The Morgan fingerprint density at radius 2 is 1.62 bits per heavy atom. The van der Waals surface area contributed by atoms with E-state index in [2.05, 4.69) is 42.8 Å². The molecule has 5 heteroatoms. The molecule has 3 atom stereocenters. The van der Waals surface area contributed by atoms with Crippen molar-refractivity contribution < 1.29 is 4.79 Å². The minimum Gasteiger partial charge on any atom is -0.365 e. The van der Waals surface area contributed by atoms with Crippen molar-refractivity contribution in [2.75, 3.05) is 0 Å². The highest BCUT2D eigenvalue weighted by atomic mass is 35.5. The van der Waals surface area contributed by atoms with Crippen LogP contribution in [-0.2, 0) is 4.79 Å². The summed E-state index contributed by atoms with van der Waals surface area (Å²) in [4.78, 5) is 14.6. The summed E-state index contributed by atoms with van der Waals surface area (Å²) in [5.41, 5.74) is 2.37. The summed E-state index contributed by atoms with van der Waals surface area (Å²) in [7, 11) is 0. The van der Waals surface area contributed by atoms with Gasteiger partial charge < -0.3 is 10.2 Å². The minimum absolute atomic E-state index is 0.121. The van der Waals surface area contributed by atoms with E-state index >= 15 is 0 Å². The maximum atomic E-state index is 12.2. The van der Waals surface area contributed by atoms with Gasteiger partial charge in [0, 0.05) is 40.2 Å². The largest absolute Gasteiger partial charge is 0.365 e. The zero-order chi connectivity index (χ0) is 23.7. The number of hydrogen-bond acceptors (Lipinski definition) is 2. The van der Waals surface area contributed by atoms with Gasteiger partial charge in [-0.25, -0.2) is 0 Å². The van der Waals surface area contributed by atoms with Gasteiger partial charge in [-0.2, -0.15) is 0 Å². The second-order valence-electron chi connectivity index (χ2n) is 8.72. The Kier molecular flexibility index (Phi) is 10.6. The van der Waals surface area contributed by atoms with Gasteiger partial charge in [0.25, 0.3) is 0 Å². The molecule has 1 aliphatic rings. The maximum Gasteiger partial charge on any atom is 0.220 e. The predicted octanol–water partition coefficient (Wildman–Crippen LogP) is 7.66. The number of likely N-dealkylation sites (tertiary alicyclic amines) is 1. The summed E-state index contributed by atoms with van der Waals surface area (Å²) >= 11 is 11.6. The molecule has 0 spiro atoms.